The standard InChI is InChI=1S/C16H25NO3/c1-5-16(6-7-16)11-17-10-12-8-14(19-3)15(20-4)9-13(12)18-2/h8-9,17H,5-7,10-11H2,1-4H3. The molecule has 1 aromatic rings. The first kappa shape index (κ1) is 15.0. The van der Waals surface area contributed by atoms with E-state index in [1.165, 1.54) is 19.3 Å². The Hall–Kier alpha value is -1.42. The molecule has 0 atom stereocenters. The van der Waals surface area contributed by atoms with E-state index in [2.05, 4.69) is 12.2 Å². The fourth-order valence-corrected chi connectivity index (χ4v) is 2.53. The van der Waals surface area contributed by atoms with Crippen LogP contribution in [0.3, 0.4) is 0 Å². The van der Waals surface area contributed by atoms with E-state index in [1.54, 1.807) is 21.3 Å². The van der Waals surface area contributed by atoms with E-state index in [4.69, 9.17) is 14.2 Å². The Balaban J connectivity index is 2.05. The molecule has 0 spiro atoms. The fraction of sp³-hybridized carbons (Fsp3) is 0.625. The fourth-order valence-electron chi connectivity index (χ4n) is 2.53. The summed E-state index contributed by atoms with van der Waals surface area (Å²) in [5, 5.41) is 3.54. The average molecular weight is 279 g/mol. The molecule has 0 radical (unpaired) electrons. The van der Waals surface area contributed by atoms with Crippen molar-refractivity contribution in [1.29, 1.82) is 0 Å². The molecule has 1 aliphatic rings. The van der Waals surface area contributed by atoms with E-state index < -0.39 is 0 Å². The van der Waals surface area contributed by atoms with Gasteiger partial charge in [-0.15, -0.1) is 0 Å². The smallest absolute Gasteiger partial charge is 0.164 e. The first-order valence-electron chi connectivity index (χ1n) is 7.17. The van der Waals surface area contributed by atoms with Gasteiger partial charge in [0, 0.05) is 24.7 Å². The van der Waals surface area contributed by atoms with Crippen molar-refractivity contribution in [2.45, 2.75) is 32.7 Å². The van der Waals surface area contributed by atoms with Crippen molar-refractivity contribution in [1.82, 2.24) is 5.32 Å². The van der Waals surface area contributed by atoms with E-state index in [0.717, 1.165) is 30.2 Å². The Morgan fingerprint density at radius 2 is 1.60 bits per heavy atom. The van der Waals surface area contributed by atoms with Crippen molar-refractivity contribution >= 4 is 0 Å². The number of ether oxygens (including phenoxy) is 3. The molecule has 1 fully saturated rings. The Labute approximate surface area is 121 Å². The summed E-state index contributed by atoms with van der Waals surface area (Å²) < 4.78 is 16.1. The molecule has 4 heteroatoms. The lowest BCUT2D eigenvalue weighted by molar-refractivity contribution is 0.346. The molecule has 1 saturated carbocycles. The van der Waals surface area contributed by atoms with Gasteiger partial charge in [0.25, 0.3) is 0 Å². The lowest BCUT2D eigenvalue weighted by Gasteiger charge is -2.17. The van der Waals surface area contributed by atoms with Crippen LogP contribution in [0.2, 0.25) is 0 Å². The van der Waals surface area contributed by atoms with Gasteiger partial charge >= 0.3 is 0 Å². The molecule has 0 heterocycles. The second kappa shape index (κ2) is 6.35. The number of hydrogen-bond acceptors (Lipinski definition) is 4. The maximum atomic E-state index is 5.44. The molecule has 20 heavy (non-hydrogen) atoms. The van der Waals surface area contributed by atoms with Gasteiger partial charge in [-0.1, -0.05) is 6.92 Å². The van der Waals surface area contributed by atoms with Crippen molar-refractivity contribution in [3.63, 3.8) is 0 Å². The second-order valence-corrected chi connectivity index (χ2v) is 5.48. The zero-order valence-corrected chi connectivity index (χ0v) is 12.9. The van der Waals surface area contributed by atoms with Gasteiger partial charge in [0.05, 0.1) is 21.3 Å². The van der Waals surface area contributed by atoms with Gasteiger partial charge in [-0.2, -0.15) is 0 Å². The molecule has 0 aromatic heterocycles. The summed E-state index contributed by atoms with van der Waals surface area (Å²) in [6.45, 7) is 4.12. The van der Waals surface area contributed by atoms with Crippen LogP contribution in [0.25, 0.3) is 0 Å². The van der Waals surface area contributed by atoms with Crippen molar-refractivity contribution in [2.75, 3.05) is 27.9 Å². The molecule has 112 valence electrons. The molecule has 0 bridgehead atoms. The van der Waals surface area contributed by atoms with E-state index in [9.17, 15) is 0 Å². The van der Waals surface area contributed by atoms with E-state index in [1.807, 2.05) is 12.1 Å². The first-order valence-corrected chi connectivity index (χ1v) is 7.17. The summed E-state index contributed by atoms with van der Waals surface area (Å²) in [6, 6.07) is 3.86. The molecule has 1 aromatic carbocycles. The minimum atomic E-state index is 0.545. The Morgan fingerprint density at radius 1 is 1.00 bits per heavy atom. The minimum absolute atomic E-state index is 0.545. The highest BCUT2D eigenvalue weighted by atomic mass is 16.5. The molecule has 0 saturated heterocycles. The third-order valence-electron chi connectivity index (χ3n) is 4.31. The lowest BCUT2D eigenvalue weighted by Crippen LogP contribution is -2.23. The van der Waals surface area contributed by atoms with Crippen molar-refractivity contribution in [2.24, 2.45) is 5.41 Å². The predicted molar refractivity (Wildman–Crippen MR) is 79.8 cm³/mol. The maximum absolute atomic E-state index is 5.44. The molecular weight excluding hydrogens is 254 g/mol. The Bertz CT molecular complexity index is 455. The van der Waals surface area contributed by atoms with Gasteiger partial charge in [0.2, 0.25) is 0 Å². The lowest BCUT2D eigenvalue weighted by atomic mass is 10.0. The second-order valence-electron chi connectivity index (χ2n) is 5.48. The molecular formula is C16H25NO3. The van der Waals surface area contributed by atoms with Crippen LogP contribution in [0, 0.1) is 5.41 Å². The molecule has 2 rings (SSSR count). The third kappa shape index (κ3) is 3.18. The molecule has 0 unspecified atom stereocenters. The van der Waals surface area contributed by atoms with Gasteiger partial charge in [0.15, 0.2) is 11.5 Å². The van der Waals surface area contributed by atoms with E-state index >= 15 is 0 Å². The summed E-state index contributed by atoms with van der Waals surface area (Å²) in [5.41, 5.74) is 1.64. The molecule has 0 amide bonds. The summed E-state index contributed by atoms with van der Waals surface area (Å²) >= 11 is 0. The summed E-state index contributed by atoms with van der Waals surface area (Å²) in [4.78, 5) is 0. The van der Waals surface area contributed by atoms with Gasteiger partial charge in [0.1, 0.15) is 5.75 Å². The largest absolute Gasteiger partial charge is 0.496 e. The zero-order valence-electron chi connectivity index (χ0n) is 12.9. The highest BCUT2D eigenvalue weighted by Crippen LogP contribution is 2.48. The number of methoxy groups -OCH3 is 3. The predicted octanol–water partition coefficient (Wildman–Crippen LogP) is 2.99. The topological polar surface area (TPSA) is 39.7 Å². The number of benzene rings is 1. The van der Waals surface area contributed by atoms with Crippen LogP contribution in [0.1, 0.15) is 31.7 Å². The zero-order chi connectivity index (χ0) is 14.6. The third-order valence-corrected chi connectivity index (χ3v) is 4.31. The van der Waals surface area contributed by atoms with Crippen LogP contribution in [-0.4, -0.2) is 27.9 Å². The highest BCUT2D eigenvalue weighted by Gasteiger charge is 2.39. The number of nitrogens with one attached hydrogen (secondary N) is 1. The van der Waals surface area contributed by atoms with Crippen molar-refractivity contribution in [3.05, 3.63) is 17.7 Å². The maximum Gasteiger partial charge on any atom is 0.164 e. The molecule has 1 N–H and O–H groups in total. The minimum Gasteiger partial charge on any atom is -0.496 e. The van der Waals surface area contributed by atoms with Gasteiger partial charge < -0.3 is 19.5 Å². The highest BCUT2D eigenvalue weighted by molar-refractivity contribution is 5.50. The quantitative estimate of drug-likeness (QED) is 0.794. The van der Waals surface area contributed by atoms with Crippen LogP contribution in [0.15, 0.2) is 12.1 Å². The van der Waals surface area contributed by atoms with E-state index in [-0.39, 0.29) is 0 Å². The van der Waals surface area contributed by atoms with Crippen LogP contribution in [0.5, 0.6) is 17.2 Å². The summed E-state index contributed by atoms with van der Waals surface area (Å²) in [6.07, 6.45) is 3.95. The average Bonchev–Trinajstić information content (AvgIpc) is 3.27. The Kier molecular flexibility index (Phi) is 4.76. The first-order chi connectivity index (χ1) is 9.68. The summed E-state index contributed by atoms with van der Waals surface area (Å²) in [7, 11) is 4.96. The monoisotopic (exact) mass is 279 g/mol. The molecule has 1 aliphatic carbocycles. The van der Waals surface area contributed by atoms with E-state index in [0.29, 0.717) is 11.2 Å². The molecule has 0 aliphatic heterocycles. The SMILES string of the molecule is CCC1(CNCc2cc(OC)c(OC)cc2OC)CC1. The van der Waals surface area contributed by atoms with Crippen LogP contribution < -0.4 is 19.5 Å². The molecule has 4 nitrogen and oxygen atoms in total. The summed E-state index contributed by atoms with van der Waals surface area (Å²) in [5.74, 6) is 2.26. The Morgan fingerprint density at radius 3 is 2.10 bits per heavy atom. The number of hydrogen-bond donors (Lipinski definition) is 1. The van der Waals surface area contributed by atoms with Crippen molar-refractivity contribution < 1.29 is 14.2 Å². The van der Waals surface area contributed by atoms with Crippen molar-refractivity contribution in [3.8, 4) is 17.2 Å². The number of rotatable bonds is 8. The normalized spacial score (nSPS) is 15.8. The van der Waals surface area contributed by atoms with Crippen LogP contribution >= 0.6 is 0 Å². The van der Waals surface area contributed by atoms with Crippen LogP contribution in [0.4, 0.5) is 0 Å². The van der Waals surface area contributed by atoms with Gasteiger partial charge in [-0.25, -0.2) is 0 Å². The van der Waals surface area contributed by atoms with Gasteiger partial charge in [-0.3, -0.25) is 0 Å². The van der Waals surface area contributed by atoms with Gasteiger partial charge in [-0.05, 0) is 30.7 Å². The van der Waals surface area contributed by atoms with Crippen LogP contribution in [-0.2, 0) is 6.54 Å².